The quantitative estimate of drug-likeness (QED) is 0.492. The van der Waals surface area contributed by atoms with E-state index in [-0.39, 0.29) is 17.4 Å². The van der Waals surface area contributed by atoms with Crippen LogP contribution in [0.2, 0.25) is 0 Å². The van der Waals surface area contributed by atoms with E-state index >= 15 is 0 Å². The molecule has 1 saturated carbocycles. The maximum Gasteiger partial charge on any atom is 0.306 e. The third-order valence-corrected chi connectivity index (χ3v) is 5.67. The minimum atomic E-state index is -0.0953. The summed E-state index contributed by atoms with van der Waals surface area (Å²) in [6, 6.07) is 0. The summed E-state index contributed by atoms with van der Waals surface area (Å²) in [5, 5.41) is 0. The molecule has 3 atom stereocenters. The minimum Gasteiger partial charge on any atom is -0.461 e. The number of cyclic esters (lactones) is 1. The van der Waals surface area contributed by atoms with Gasteiger partial charge in [-0.2, -0.15) is 0 Å². The highest BCUT2D eigenvalue weighted by Gasteiger charge is 2.60. The van der Waals surface area contributed by atoms with Crippen LogP contribution in [0.1, 0.15) is 38.5 Å². The van der Waals surface area contributed by atoms with Gasteiger partial charge in [0.05, 0.1) is 12.0 Å². The van der Waals surface area contributed by atoms with Gasteiger partial charge in [0.25, 0.3) is 0 Å². The van der Waals surface area contributed by atoms with E-state index in [4.69, 9.17) is 4.74 Å². The van der Waals surface area contributed by atoms with Gasteiger partial charge in [0.15, 0.2) is 0 Å². The summed E-state index contributed by atoms with van der Waals surface area (Å²) in [4.78, 5) is 26.1. The van der Waals surface area contributed by atoms with Crippen molar-refractivity contribution in [3.05, 3.63) is 11.6 Å². The Hall–Kier alpha value is -1.32. The summed E-state index contributed by atoms with van der Waals surface area (Å²) >= 11 is 0. The predicted octanol–water partition coefficient (Wildman–Crippen LogP) is 1.65. The molecular weight excluding hydrogens is 242 g/mol. The fourth-order valence-corrected chi connectivity index (χ4v) is 4.89. The van der Waals surface area contributed by atoms with Crippen LogP contribution in [-0.2, 0) is 14.3 Å². The van der Waals surface area contributed by atoms with Gasteiger partial charge in [0.2, 0.25) is 5.91 Å². The molecule has 0 radical (unpaired) electrons. The number of nitrogens with zero attached hydrogens (tertiary/aromatic N) is 1. The van der Waals surface area contributed by atoms with Crippen LogP contribution < -0.4 is 0 Å². The molecule has 3 aliphatic heterocycles. The molecule has 4 heteroatoms. The van der Waals surface area contributed by atoms with E-state index in [1.165, 1.54) is 18.4 Å². The molecule has 4 aliphatic rings. The SMILES string of the molecule is O=C1C[C@@H]2C(=CCN3C(=O)C[C@@H]4CCCC[C@]423)CO1. The van der Waals surface area contributed by atoms with Gasteiger partial charge >= 0.3 is 5.97 Å². The van der Waals surface area contributed by atoms with Gasteiger partial charge in [-0.15, -0.1) is 0 Å². The number of ether oxygens (including phenoxy) is 1. The van der Waals surface area contributed by atoms with E-state index in [1.54, 1.807) is 0 Å². The summed E-state index contributed by atoms with van der Waals surface area (Å²) in [7, 11) is 0. The molecule has 3 heterocycles. The minimum absolute atomic E-state index is 0.0567. The first-order valence-electron chi connectivity index (χ1n) is 7.37. The van der Waals surface area contributed by atoms with E-state index < -0.39 is 0 Å². The van der Waals surface area contributed by atoms with Gasteiger partial charge in [0, 0.05) is 18.9 Å². The molecule has 0 bridgehead atoms. The standard InChI is InChI=1S/C15H19NO3/c17-13-7-11-3-1-2-5-15(11)12-8-14(18)19-9-10(12)4-6-16(13)15/h4,11-12H,1-3,5-9H2/t11-,12+,15-/m0/s1. The van der Waals surface area contributed by atoms with E-state index in [1.807, 2.05) is 0 Å². The van der Waals surface area contributed by atoms with E-state index in [9.17, 15) is 9.59 Å². The van der Waals surface area contributed by atoms with Crippen molar-refractivity contribution in [3.63, 3.8) is 0 Å². The topological polar surface area (TPSA) is 46.6 Å². The zero-order valence-corrected chi connectivity index (χ0v) is 11.1. The average molecular weight is 261 g/mol. The Balaban J connectivity index is 1.81. The van der Waals surface area contributed by atoms with Crippen molar-refractivity contribution in [2.45, 2.75) is 44.1 Å². The summed E-state index contributed by atoms with van der Waals surface area (Å²) in [5.41, 5.74) is 1.20. The van der Waals surface area contributed by atoms with Gasteiger partial charge in [-0.05, 0) is 24.3 Å². The number of rotatable bonds is 0. The summed E-state index contributed by atoms with van der Waals surface area (Å²) < 4.78 is 5.19. The molecular formula is C15H19NO3. The van der Waals surface area contributed by atoms with Crippen LogP contribution >= 0.6 is 0 Å². The maximum atomic E-state index is 12.3. The highest BCUT2D eigenvalue weighted by Crippen LogP contribution is 2.55. The third kappa shape index (κ3) is 1.40. The number of carbonyl (C=O) groups is 2. The molecule has 102 valence electrons. The molecule has 2 saturated heterocycles. The summed E-state index contributed by atoms with van der Waals surface area (Å²) in [5.74, 6) is 0.871. The van der Waals surface area contributed by atoms with E-state index in [2.05, 4.69) is 11.0 Å². The number of hydrogen-bond acceptors (Lipinski definition) is 3. The average Bonchev–Trinajstić information content (AvgIpc) is 2.72. The zero-order chi connectivity index (χ0) is 13.0. The Morgan fingerprint density at radius 3 is 3.05 bits per heavy atom. The van der Waals surface area contributed by atoms with E-state index in [0.29, 0.717) is 31.3 Å². The predicted molar refractivity (Wildman–Crippen MR) is 68.2 cm³/mol. The molecule has 0 unspecified atom stereocenters. The lowest BCUT2D eigenvalue weighted by atomic mass is 9.62. The second-order valence-corrected chi connectivity index (χ2v) is 6.34. The summed E-state index contributed by atoms with van der Waals surface area (Å²) in [6.45, 7) is 1.17. The Kier molecular flexibility index (Phi) is 2.32. The second-order valence-electron chi connectivity index (χ2n) is 6.34. The summed E-state index contributed by atoms with van der Waals surface area (Å²) in [6.07, 6.45) is 7.89. The maximum absolute atomic E-state index is 12.3. The highest BCUT2D eigenvalue weighted by molar-refractivity contribution is 5.82. The van der Waals surface area contributed by atoms with Gasteiger partial charge in [-0.1, -0.05) is 18.9 Å². The Labute approximate surface area is 112 Å². The van der Waals surface area contributed by atoms with Crippen molar-refractivity contribution in [1.82, 2.24) is 4.90 Å². The lowest BCUT2D eigenvalue weighted by Crippen LogP contribution is -2.60. The largest absolute Gasteiger partial charge is 0.461 e. The van der Waals surface area contributed by atoms with Gasteiger partial charge in [-0.3, -0.25) is 9.59 Å². The Morgan fingerprint density at radius 1 is 1.26 bits per heavy atom. The molecule has 0 aromatic heterocycles. The van der Waals surface area contributed by atoms with E-state index in [0.717, 1.165) is 19.4 Å². The van der Waals surface area contributed by atoms with Gasteiger partial charge in [0.1, 0.15) is 6.61 Å². The molecule has 1 aliphatic carbocycles. The van der Waals surface area contributed by atoms with Crippen LogP contribution in [0, 0.1) is 11.8 Å². The van der Waals surface area contributed by atoms with Crippen molar-refractivity contribution >= 4 is 11.9 Å². The number of fused-ring (bicyclic) bond motifs is 1. The monoisotopic (exact) mass is 261 g/mol. The second kappa shape index (κ2) is 3.84. The fourth-order valence-electron chi connectivity index (χ4n) is 4.89. The number of carbonyl (C=O) groups excluding carboxylic acids is 2. The number of hydrogen-bond donors (Lipinski definition) is 0. The third-order valence-electron chi connectivity index (χ3n) is 5.67. The van der Waals surface area contributed by atoms with Crippen LogP contribution in [-0.4, -0.2) is 35.5 Å². The lowest BCUT2D eigenvalue weighted by molar-refractivity contribution is -0.152. The first-order valence-corrected chi connectivity index (χ1v) is 7.37. The molecule has 4 rings (SSSR count). The normalized spacial score (nSPS) is 41.1. The van der Waals surface area contributed by atoms with Crippen LogP contribution in [0.25, 0.3) is 0 Å². The van der Waals surface area contributed by atoms with Gasteiger partial charge < -0.3 is 9.64 Å². The van der Waals surface area contributed by atoms with Crippen LogP contribution in [0.3, 0.4) is 0 Å². The van der Waals surface area contributed by atoms with Crippen LogP contribution in [0.5, 0.6) is 0 Å². The molecule has 0 aromatic carbocycles. The smallest absolute Gasteiger partial charge is 0.306 e. The van der Waals surface area contributed by atoms with Crippen LogP contribution in [0.4, 0.5) is 0 Å². The van der Waals surface area contributed by atoms with Crippen molar-refractivity contribution < 1.29 is 14.3 Å². The molecule has 3 fully saturated rings. The first-order chi connectivity index (χ1) is 9.22. The van der Waals surface area contributed by atoms with Crippen molar-refractivity contribution in [1.29, 1.82) is 0 Å². The van der Waals surface area contributed by atoms with Crippen LogP contribution in [0.15, 0.2) is 11.6 Å². The highest BCUT2D eigenvalue weighted by atomic mass is 16.5. The lowest BCUT2D eigenvalue weighted by Gasteiger charge is -2.53. The molecule has 4 nitrogen and oxygen atoms in total. The number of amides is 1. The van der Waals surface area contributed by atoms with Crippen molar-refractivity contribution in [2.75, 3.05) is 13.2 Å². The molecule has 1 spiro atoms. The first kappa shape index (κ1) is 11.5. The number of esters is 1. The molecule has 19 heavy (non-hydrogen) atoms. The molecule has 0 aromatic rings. The van der Waals surface area contributed by atoms with Gasteiger partial charge in [-0.25, -0.2) is 0 Å². The Bertz CT molecular complexity index is 484. The van der Waals surface area contributed by atoms with Crippen molar-refractivity contribution in [3.8, 4) is 0 Å². The fraction of sp³-hybridized carbons (Fsp3) is 0.733. The molecule has 1 amide bonds. The van der Waals surface area contributed by atoms with Crippen molar-refractivity contribution in [2.24, 2.45) is 11.8 Å². The Morgan fingerprint density at radius 2 is 2.16 bits per heavy atom. The zero-order valence-electron chi connectivity index (χ0n) is 11.1. The molecule has 0 N–H and O–H groups in total.